The molecule has 1 heterocycles. The van der Waals surface area contributed by atoms with Gasteiger partial charge >= 0.3 is 5.82 Å². The molecular weight excluding hydrogens is 198 g/mol. The smallest absolute Gasteiger partial charge is 0.381 e. The van der Waals surface area contributed by atoms with Crippen molar-refractivity contribution in [1.29, 1.82) is 0 Å². The summed E-state index contributed by atoms with van der Waals surface area (Å²) in [5.74, 6) is -0.170. The second kappa shape index (κ2) is 3.62. The zero-order chi connectivity index (χ0) is 10.9. The molecule has 6 heteroatoms. The predicted molar refractivity (Wildman–Crippen MR) is 52.3 cm³/mol. The van der Waals surface area contributed by atoms with Crippen molar-refractivity contribution in [3.05, 3.63) is 22.6 Å². The van der Waals surface area contributed by atoms with E-state index in [9.17, 15) is 15.2 Å². The number of nitrogens with zero attached hydrogens (tertiary/aromatic N) is 3. The van der Waals surface area contributed by atoms with E-state index in [1.807, 2.05) is 0 Å². The van der Waals surface area contributed by atoms with E-state index in [1.165, 1.54) is 12.5 Å². The predicted octanol–water partition coefficient (Wildman–Crippen LogP) is 1.10. The lowest BCUT2D eigenvalue weighted by Gasteiger charge is -2.21. The van der Waals surface area contributed by atoms with Crippen LogP contribution < -0.4 is 0 Å². The summed E-state index contributed by atoms with van der Waals surface area (Å²) in [7, 11) is 0. The molecule has 2 rings (SSSR count). The molecule has 0 aromatic carbocycles. The van der Waals surface area contributed by atoms with Crippen molar-refractivity contribution in [3.8, 4) is 0 Å². The molecule has 82 valence electrons. The Morgan fingerprint density at radius 3 is 2.80 bits per heavy atom. The lowest BCUT2D eigenvalue weighted by Crippen LogP contribution is -2.29. The highest BCUT2D eigenvalue weighted by Gasteiger charge is 2.32. The quantitative estimate of drug-likeness (QED) is 0.599. The lowest BCUT2D eigenvalue weighted by molar-refractivity contribution is -0.389. The molecule has 1 aromatic rings. The molecule has 1 N–H and O–H groups in total. The summed E-state index contributed by atoms with van der Waals surface area (Å²) in [6.07, 6.45) is 6.32. The molecule has 0 spiro atoms. The maximum Gasteiger partial charge on any atom is 0.381 e. The van der Waals surface area contributed by atoms with E-state index in [-0.39, 0.29) is 5.82 Å². The van der Waals surface area contributed by atoms with Crippen LogP contribution in [-0.4, -0.2) is 25.2 Å². The number of rotatable bonds is 3. The molecule has 0 amide bonds. The molecule has 0 bridgehead atoms. The Balaban J connectivity index is 2.07. The molecule has 15 heavy (non-hydrogen) atoms. The van der Waals surface area contributed by atoms with Gasteiger partial charge in [-0.2, -0.15) is 0 Å². The van der Waals surface area contributed by atoms with Gasteiger partial charge < -0.3 is 19.8 Å². The Hall–Kier alpha value is -1.43. The van der Waals surface area contributed by atoms with Gasteiger partial charge in [-0.1, -0.05) is 12.8 Å². The van der Waals surface area contributed by atoms with Gasteiger partial charge in [0.25, 0.3) is 0 Å². The van der Waals surface area contributed by atoms with Gasteiger partial charge in [0.2, 0.25) is 6.33 Å². The fourth-order valence-electron chi connectivity index (χ4n) is 2.06. The largest absolute Gasteiger partial charge is 0.388 e. The van der Waals surface area contributed by atoms with Crippen LogP contribution >= 0.6 is 0 Å². The highest BCUT2D eigenvalue weighted by Crippen LogP contribution is 2.31. The molecule has 1 aliphatic rings. The Morgan fingerprint density at radius 2 is 2.27 bits per heavy atom. The minimum absolute atomic E-state index is 0.170. The Morgan fingerprint density at radius 1 is 1.60 bits per heavy atom. The first-order valence-corrected chi connectivity index (χ1v) is 4.98. The highest BCUT2D eigenvalue weighted by atomic mass is 16.6. The first-order valence-electron chi connectivity index (χ1n) is 4.98. The van der Waals surface area contributed by atoms with Crippen molar-refractivity contribution >= 4 is 5.82 Å². The van der Waals surface area contributed by atoms with Crippen molar-refractivity contribution in [2.24, 2.45) is 0 Å². The number of aromatic nitrogens is 2. The number of hydrogen-bond acceptors (Lipinski definition) is 4. The molecule has 6 nitrogen and oxygen atoms in total. The second-order valence-corrected chi connectivity index (χ2v) is 4.09. The van der Waals surface area contributed by atoms with Gasteiger partial charge in [-0.05, 0) is 22.7 Å². The molecular formula is C9H13N3O3. The van der Waals surface area contributed by atoms with E-state index in [1.54, 1.807) is 4.57 Å². The second-order valence-electron chi connectivity index (χ2n) is 4.09. The lowest BCUT2D eigenvalue weighted by atomic mass is 10.0. The Labute approximate surface area is 86.7 Å². The molecule has 0 radical (unpaired) electrons. The number of hydrogen-bond donors (Lipinski definition) is 1. The van der Waals surface area contributed by atoms with E-state index < -0.39 is 10.5 Å². The minimum Gasteiger partial charge on any atom is -0.388 e. The molecule has 1 aliphatic carbocycles. The molecule has 1 saturated carbocycles. The third-order valence-electron chi connectivity index (χ3n) is 2.82. The summed E-state index contributed by atoms with van der Waals surface area (Å²) >= 11 is 0. The average molecular weight is 211 g/mol. The Bertz CT molecular complexity index is 368. The van der Waals surface area contributed by atoms with E-state index in [0.717, 1.165) is 25.7 Å². The average Bonchev–Trinajstić information content (AvgIpc) is 2.75. The van der Waals surface area contributed by atoms with E-state index in [4.69, 9.17) is 0 Å². The van der Waals surface area contributed by atoms with Crippen LogP contribution in [0.5, 0.6) is 0 Å². The molecule has 1 aromatic heterocycles. The van der Waals surface area contributed by atoms with E-state index in [2.05, 4.69) is 4.98 Å². The standard InChI is InChI=1S/C9H13N3O3/c13-9(3-1-2-4-9)6-11-5-8(10-7-11)12(14)15/h5,7,13H,1-4,6H2. The van der Waals surface area contributed by atoms with Gasteiger partial charge in [0.05, 0.1) is 12.1 Å². The summed E-state index contributed by atoms with van der Waals surface area (Å²) in [6, 6.07) is 0. The van der Waals surface area contributed by atoms with Crippen LogP contribution in [0.2, 0.25) is 0 Å². The third kappa shape index (κ3) is 2.15. The zero-order valence-corrected chi connectivity index (χ0v) is 8.30. The zero-order valence-electron chi connectivity index (χ0n) is 8.30. The van der Waals surface area contributed by atoms with Crippen LogP contribution in [0.25, 0.3) is 0 Å². The van der Waals surface area contributed by atoms with Crippen LogP contribution in [0.15, 0.2) is 12.5 Å². The van der Waals surface area contributed by atoms with Crippen molar-refractivity contribution in [3.63, 3.8) is 0 Å². The number of nitro groups is 1. The summed E-state index contributed by atoms with van der Waals surface area (Å²) in [5, 5.41) is 20.5. The summed E-state index contributed by atoms with van der Waals surface area (Å²) in [5.41, 5.74) is -0.700. The highest BCUT2D eigenvalue weighted by molar-refractivity contribution is 5.12. The monoisotopic (exact) mass is 211 g/mol. The summed E-state index contributed by atoms with van der Waals surface area (Å²) < 4.78 is 1.59. The van der Waals surface area contributed by atoms with E-state index >= 15 is 0 Å². The van der Waals surface area contributed by atoms with Crippen molar-refractivity contribution in [1.82, 2.24) is 9.55 Å². The number of aliphatic hydroxyl groups is 1. The van der Waals surface area contributed by atoms with Crippen molar-refractivity contribution in [2.75, 3.05) is 0 Å². The maximum atomic E-state index is 10.4. The van der Waals surface area contributed by atoms with Crippen LogP contribution in [0, 0.1) is 10.1 Å². The molecule has 0 aliphatic heterocycles. The van der Waals surface area contributed by atoms with Gasteiger partial charge in [-0.15, -0.1) is 0 Å². The minimum atomic E-state index is -0.700. The first-order chi connectivity index (χ1) is 7.09. The Kier molecular flexibility index (Phi) is 2.44. The molecule has 0 saturated heterocycles. The van der Waals surface area contributed by atoms with E-state index in [0.29, 0.717) is 6.54 Å². The van der Waals surface area contributed by atoms with Gasteiger partial charge in [-0.25, -0.2) is 0 Å². The topological polar surface area (TPSA) is 81.2 Å². The van der Waals surface area contributed by atoms with Gasteiger partial charge in [0.15, 0.2) is 0 Å². The normalized spacial score (nSPS) is 19.3. The summed E-state index contributed by atoms with van der Waals surface area (Å²) in [4.78, 5) is 13.5. The van der Waals surface area contributed by atoms with Crippen molar-refractivity contribution in [2.45, 2.75) is 37.8 Å². The summed E-state index contributed by atoms with van der Waals surface area (Å²) in [6.45, 7) is 0.397. The first kappa shape index (κ1) is 10.1. The fourth-order valence-corrected chi connectivity index (χ4v) is 2.06. The van der Waals surface area contributed by atoms with Crippen LogP contribution in [-0.2, 0) is 6.54 Å². The molecule has 0 atom stereocenters. The number of imidazole rings is 1. The van der Waals surface area contributed by atoms with Crippen LogP contribution in [0.3, 0.4) is 0 Å². The fraction of sp³-hybridized carbons (Fsp3) is 0.667. The maximum absolute atomic E-state index is 10.4. The third-order valence-corrected chi connectivity index (χ3v) is 2.82. The van der Waals surface area contributed by atoms with Crippen molar-refractivity contribution < 1.29 is 10.0 Å². The van der Waals surface area contributed by atoms with Crippen LogP contribution in [0.4, 0.5) is 5.82 Å². The van der Waals surface area contributed by atoms with Crippen LogP contribution in [0.1, 0.15) is 25.7 Å². The molecule has 0 unspecified atom stereocenters. The SMILES string of the molecule is O=[N+]([O-])c1cn(CC2(O)CCCC2)cn1. The van der Waals surface area contributed by atoms with Gasteiger partial charge in [0, 0.05) is 0 Å². The molecule has 1 fully saturated rings. The van der Waals surface area contributed by atoms with Gasteiger partial charge in [0.1, 0.15) is 6.20 Å². The van der Waals surface area contributed by atoms with Gasteiger partial charge in [-0.3, -0.25) is 0 Å².